The third kappa shape index (κ3) is 3.11. The van der Waals surface area contributed by atoms with E-state index in [1.54, 1.807) is 0 Å². The summed E-state index contributed by atoms with van der Waals surface area (Å²) >= 11 is 0. The van der Waals surface area contributed by atoms with Crippen molar-refractivity contribution in [1.29, 1.82) is 0 Å². The zero-order valence-corrected chi connectivity index (χ0v) is 18.0. The van der Waals surface area contributed by atoms with Crippen LogP contribution in [0, 0.1) is 6.92 Å². The Morgan fingerprint density at radius 1 is 0.438 bits per heavy atom. The molecule has 1 heteroatoms. The lowest BCUT2D eigenvalue weighted by atomic mass is 10.00. The predicted molar refractivity (Wildman–Crippen MR) is 136 cm³/mol. The van der Waals surface area contributed by atoms with Crippen molar-refractivity contribution in [3.05, 3.63) is 127 Å². The van der Waals surface area contributed by atoms with E-state index in [1.807, 2.05) is 0 Å². The van der Waals surface area contributed by atoms with Crippen LogP contribution in [-0.4, -0.2) is 4.57 Å². The zero-order valence-electron chi connectivity index (χ0n) is 18.0. The van der Waals surface area contributed by atoms with E-state index in [0.29, 0.717) is 0 Å². The molecule has 1 nitrogen and oxygen atoms in total. The van der Waals surface area contributed by atoms with Crippen LogP contribution in [0.2, 0.25) is 0 Å². The maximum atomic E-state index is 2.37. The molecule has 0 amide bonds. The Morgan fingerprint density at radius 3 is 1.47 bits per heavy atom. The Hall–Kier alpha value is -4.10. The fourth-order valence-electron chi connectivity index (χ4n) is 4.61. The molecule has 0 aliphatic carbocycles. The molecule has 0 bridgehead atoms. The summed E-state index contributed by atoms with van der Waals surface area (Å²) in [5.74, 6) is 0. The first-order valence-electron chi connectivity index (χ1n) is 11.0. The van der Waals surface area contributed by atoms with Gasteiger partial charge in [0.1, 0.15) is 0 Å². The smallest absolute Gasteiger partial charge is 0.0541 e. The summed E-state index contributed by atoms with van der Waals surface area (Å²) in [6, 6.07) is 43.7. The first kappa shape index (κ1) is 18.7. The summed E-state index contributed by atoms with van der Waals surface area (Å²) in [5, 5.41) is 2.55. The molecule has 0 N–H and O–H groups in total. The van der Waals surface area contributed by atoms with Gasteiger partial charge in [0.05, 0.1) is 11.0 Å². The minimum atomic E-state index is 1.18. The minimum Gasteiger partial charge on any atom is -0.309 e. The quantitative estimate of drug-likeness (QED) is 0.276. The van der Waals surface area contributed by atoms with Gasteiger partial charge in [0.25, 0.3) is 0 Å². The molecular formula is C31H23N. The van der Waals surface area contributed by atoms with Gasteiger partial charge in [0, 0.05) is 16.5 Å². The average molecular weight is 410 g/mol. The number of hydrogen-bond donors (Lipinski definition) is 0. The summed E-state index contributed by atoms with van der Waals surface area (Å²) in [7, 11) is 0. The zero-order chi connectivity index (χ0) is 21.5. The molecule has 5 aromatic carbocycles. The Kier molecular flexibility index (Phi) is 4.40. The van der Waals surface area contributed by atoms with E-state index in [0.717, 1.165) is 0 Å². The van der Waals surface area contributed by atoms with Crippen LogP contribution in [0.5, 0.6) is 0 Å². The SMILES string of the molecule is Cc1ccc(-c2ccc3c(c2)c2cc(-c4ccccc4)ccc2n3-c2ccccc2)cc1. The van der Waals surface area contributed by atoms with E-state index in [2.05, 4.69) is 133 Å². The van der Waals surface area contributed by atoms with E-state index in [1.165, 1.54) is 55.3 Å². The number of fused-ring (bicyclic) bond motifs is 3. The third-order valence-electron chi connectivity index (χ3n) is 6.27. The van der Waals surface area contributed by atoms with Crippen LogP contribution >= 0.6 is 0 Å². The number of aryl methyl sites for hydroxylation is 1. The largest absolute Gasteiger partial charge is 0.309 e. The minimum absolute atomic E-state index is 1.18. The van der Waals surface area contributed by atoms with Crippen LogP contribution in [0.25, 0.3) is 49.7 Å². The molecule has 6 aromatic rings. The first-order chi connectivity index (χ1) is 15.8. The number of rotatable bonds is 3. The molecule has 0 saturated carbocycles. The molecule has 0 saturated heterocycles. The molecule has 0 atom stereocenters. The van der Waals surface area contributed by atoms with E-state index < -0.39 is 0 Å². The molecule has 0 fully saturated rings. The van der Waals surface area contributed by atoms with Gasteiger partial charge < -0.3 is 4.57 Å². The second kappa shape index (κ2) is 7.55. The van der Waals surface area contributed by atoms with Crippen LogP contribution in [-0.2, 0) is 0 Å². The Morgan fingerprint density at radius 2 is 0.906 bits per heavy atom. The number of aromatic nitrogens is 1. The van der Waals surface area contributed by atoms with Crippen molar-refractivity contribution in [3.8, 4) is 27.9 Å². The van der Waals surface area contributed by atoms with Crippen molar-refractivity contribution >= 4 is 21.8 Å². The molecule has 32 heavy (non-hydrogen) atoms. The Bertz CT molecular complexity index is 1540. The highest BCUT2D eigenvalue weighted by atomic mass is 15.0. The van der Waals surface area contributed by atoms with E-state index in [9.17, 15) is 0 Å². The van der Waals surface area contributed by atoms with Crippen molar-refractivity contribution in [2.45, 2.75) is 6.92 Å². The molecule has 1 heterocycles. The number of hydrogen-bond acceptors (Lipinski definition) is 0. The maximum absolute atomic E-state index is 2.37. The van der Waals surface area contributed by atoms with Gasteiger partial charge >= 0.3 is 0 Å². The van der Waals surface area contributed by atoms with Gasteiger partial charge in [-0.3, -0.25) is 0 Å². The summed E-state index contributed by atoms with van der Waals surface area (Å²) in [5.41, 5.74) is 9.90. The first-order valence-corrected chi connectivity index (χ1v) is 11.0. The Labute approximate surface area is 188 Å². The topological polar surface area (TPSA) is 4.93 Å². The Balaban J connectivity index is 1.65. The summed E-state index contributed by atoms with van der Waals surface area (Å²) in [4.78, 5) is 0. The average Bonchev–Trinajstić information content (AvgIpc) is 3.18. The normalized spacial score (nSPS) is 11.3. The van der Waals surface area contributed by atoms with E-state index in [4.69, 9.17) is 0 Å². The van der Waals surface area contributed by atoms with Crippen molar-refractivity contribution in [3.63, 3.8) is 0 Å². The molecule has 6 rings (SSSR count). The number of nitrogens with zero attached hydrogens (tertiary/aromatic N) is 1. The summed E-state index contributed by atoms with van der Waals surface area (Å²) in [6.07, 6.45) is 0. The van der Waals surface area contributed by atoms with Crippen molar-refractivity contribution < 1.29 is 0 Å². The van der Waals surface area contributed by atoms with Gasteiger partial charge in [0.2, 0.25) is 0 Å². The van der Waals surface area contributed by atoms with Gasteiger partial charge in [-0.15, -0.1) is 0 Å². The molecule has 0 radical (unpaired) electrons. The van der Waals surface area contributed by atoms with Crippen molar-refractivity contribution in [2.75, 3.05) is 0 Å². The highest BCUT2D eigenvalue weighted by molar-refractivity contribution is 6.11. The fourth-order valence-corrected chi connectivity index (χ4v) is 4.61. The summed E-state index contributed by atoms with van der Waals surface area (Å²) < 4.78 is 2.37. The predicted octanol–water partition coefficient (Wildman–Crippen LogP) is 8.43. The second-order valence-corrected chi connectivity index (χ2v) is 8.37. The monoisotopic (exact) mass is 409 g/mol. The van der Waals surface area contributed by atoms with Crippen molar-refractivity contribution in [1.82, 2.24) is 4.57 Å². The van der Waals surface area contributed by atoms with Gasteiger partial charge in [-0.25, -0.2) is 0 Å². The molecule has 0 aliphatic heterocycles. The highest BCUT2D eigenvalue weighted by Crippen LogP contribution is 2.37. The molecule has 0 aliphatic rings. The molecule has 152 valence electrons. The molecular weight excluding hydrogens is 386 g/mol. The molecule has 0 unspecified atom stereocenters. The number of para-hydroxylation sites is 1. The highest BCUT2D eigenvalue weighted by Gasteiger charge is 2.14. The number of benzene rings is 5. The fraction of sp³-hybridized carbons (Fsp3) is 0.0323. The summed E-state index contributed by atoms with van der Waals surface area (Å²) in [6.45, 7) is 2.13. The van der Waals surface area contributed by atoms with Gasteiger partial charge in [0.15, 0.2) is 0 Å². The van der Waals surface area contributed by atoms with Crippen LogP contribution in [0.3, 0.4) is 0 Å². The standard InChI is InChI=1S/C31H23N/c1-22-12-14-24(15-13-22)26-17-19-31-29(21-26)28-20-25(23-8-4-2-5-9-23)16-18-30(28)32(31)27-10-6-3-7-11-27/h2-21H,1H3. The van der Waals surface area contributed by atoms with Crippen LogP contribution < -0.4 is 0 Å². The van der Waals surface area contributed by atoms with Crippen molar-refractivity contribution in [2.24, 2.45) is 0 Å². The van der Waals surface area contributed by atoms with Gasteiger partial charge in [-0.05, 0) is 65.6 Å². The maximum Gasteiger partial charge on any atom is 0.0541 e. The lowest BCUT2D eigenvalue weighted by Gasteiger charge is -2.08. The van der Waals surface area contributed by atoms with Gasteiger partial charge in [-0.2, -0.15) is 0 Å². The third-order valence-corrected chi connectivity index (χ3v) is 6.27. The van der Waals surface area contributed by atoms with E-state index >= 15 is 0 Å². The molecule has 1 aromatic heterocycles. The van der Waals surface area contributed by atoms with Crippen LogP contribution in [0.1, 0.15) is 5.56 Å². The van der Waals surface area contributed by atoms with E-state index in [-0.39, 0.29) is 0 Å². The van der Waals surface area contributed by atoms with Gasteiger partial charge in [-0.1, -0.05) is 90.5 Å². The second-order valence-electron chi connectivity index (χ2n) is 8.37. The van der Waals surface area contributed by atoms with Crippen LogP contribution in [0.4, 0.5) is 0 Å². The van der Waals surface area contributed by atoms with Crippen LogP contribution in [0.15, 0.2) is 121 Å². The lowest BCUT2D eigenvalue weighted by Crippen LogP contribution is -1.93. The molecule has 0 spiro atoms. The lowest BCUT2D eigenvalue weighted by molar-refractivity contribution is 1.18.